The molecule has 1 saturated heterocycles. The molecule has 202 valence electrons. The molecule has 3 amide bonds. The molecule has 4 N–H and O–H groups in total. The normalized spacial score (nSPS) is 20.0. The Hall–Kier alpha value is -1.97. The summed E-state index contributed by atoms with van der Waals surface area (Å²) in [6.45, 7) is 14.0. The van der Waals surface area contributed by atoms with Gasteiger partial charge in [0.25, 0.3) is 0 Å². The third-order valence-corrected chi connectivity index (χ3v) is 6.71. The second-order valence-electron chi connectivity index (χ2n) is 10.7. The van der Waals surface area contributed by atoms with Crippen LogP contribution in [-0.4, -0.2) is 94.7 Å². The molecule has 1 heterocycles. The number of nitrogens with one attached hydrogen (secondary N) is 2. The van der Waals surface area contributed by atoms with E-state index in [-0.39, 0.29) is 54.2 Å². The van der Waals surface area contributed by atoms with Gasteiger partial charge in [-0.05, 0) is 52.0 Å². The summed E-state index contributed by atoms with van der Waals surface area (Å²) in [5.74, 6) is -0.754. The number of rotatable bonds is 12. The SMILES string of the molecule is C/C(=C\[C@H](C(C)C)N(C)C(=O)[C@@H](NC(=O)[C@H]1CCCCN1C(C)C)C(C)C)C(=O)NC[C@H](O)CO. The van der Waals surface area contributed by atoms with Crippen molar-refractivity contribution < 1.29 is 24.6 Å². The van der Waals surface area contributed by atoms with E-state index in [9.17, 15) is 19.5 Å². The van der Waals surface area contributed by atoms with Crippen molar-refractivity contribution in [2.45, 2.75) is 98.0 Å². The quantitative estimate of drug-likeness (QED) is 0.302. The van der Waals surface area contributed by atoms with Gasteiger partial charge in [0.1, 0.15) is 6.04 Å². The Morgan fingerprint density at radius 1 is 1.09 bits per heavy atom. The molecular formula is C26H48N4O5. The number of aliphatic hydroxyl groups excluding tert-OH is 2. The van der Waals surface area contributed by atoms with E-state index in [0.29, 0.717) is 5.57 Å². The summed E-state index contributed by atoms with van der Waals surface area (Å²) >= 11 is 0. The second kappa shape index (κ2) is 14.6. The van der Waals surface area contributed by atoms with Crippen LogP contribution in [-0.2, 0) is 14.4 Å². The molecule has 9 nitrogen and oxygen atoms in total. The molecule has 4 atom stereocenters. The van der Waals surface area contributed by atoms with Gasteiger partial charge in [0.2, 0.25) is 17.7 Å². The molecule has 0 unspecified atom stereocenters. The van der Waals surface area contributed by atoms with E-state index in [1.807, 2.05) is 27.7 Å². The fourth-order valence-corrected chi connectivity index (χ4v) is 4.48. The first-order valence-electron chi connectivity index (χ1n) is 12.9. The van der Waals surface area contributed by atoms with Gasteiger partial charge in [0, 0.05) is 25.2 Å². The standard InChI is InChI=1S/C26H48N4O5/c1-16(2)22(13-19(7)24(33)27-14-20(32)15-31)29(8)26(35)23(17(3)4)28-25(34)21-11-9-10-12-30(21)18(5)6/h13,16-18,20-23,31-32H,9-12,14-15H2,1-8H3,(H,27,33)(H,28,34)/b19-13+/t20-,21+,22+,23-/m0/s1. The van der Waals surface area contributed by atoms with Crippen molar-refractivity contribution >= 4 is 17.7 Å². The summed E-state index contributed by atoms with van der Waals surface area (Å²) < 4.78 is 0. The maximum Gasteiger partial charge on any atom is 0.246 e. The molecule has 1 aliphatic heterocycles. The first kappa shape index (κ1) is 31.1. The number of carbonyl (C=O) groups is 3. The zero-order chi connectivity index (χ0) is 26.9. The molecule has 0 radical (unpaired) electrons. The van der Waals surface area contributed by atoms with Gasteiger partial charge in [-0.2, -0.15) is 0 Å². The van der Waals surface area contributed by atoms with E-state index in [0.717, 1.165) is 25.8 Å². The maximum absolute atomic E-state index is 13.6. The minimum atomic E-state index is -1.02. The highest BCUT2D eigenvalue weighted by atomic mass is 16.3. The molecular weight excluding hydrogens is 448 g/mol. The molecule has 9 heteroatoms. The summed E-state index contributed by atoms with van der Waals surface area (Å²) in [6.07, 6.45) is 3.58. The summed E-state index contributed by atoms with van der Waals surface area (Å²) in [6, 6.07) is -1.02. The maximum atomic E-state index is 13.6. The van der Waals surface area contributed by atoms with Crippen molar-refractivity contribution in [3.05, 3.63) is 11.6 Å². The molecule has 1 fully saturated rings. The van der Waals surface area contributed by atoms with Crippen LogP contribution in [0.4, 0.5) is 0 Å². The molecule has 0 saturated carbocycles. The van der Waals surface area contributed by atoms with Crippen LogP contribution in [0.25, 0.3) is 0 Å². The van der Waals surface area contributed by atoms with Gasteiger partial charge in [0.05, 0.1) is 24.8 Å². The van der Waals surface area contributed by atoms with Crippen LogP contribution in [0.2, 0.25) is 0 Å². The Kier molecular flexibility index (Phi) is 12.9. The molecule has 0 aromatic rings. The molecule has 1 aliphatic rings. The van der Waals surface area contributed by atoms with Crippen molar-refractivity contribution in [3.8, 4) is 0 Å². The number of likely N-dealkylation sites (N-methyl/N-ethyl adjacent to an activating group) is 1. The van der Waals surface area contributed by atoms with Gasteiger partial charge in [-0.25, -0.2) is 0 Å². The molecule has 1 rings (SSSR count). The number of nitrogens with zero attached hydrogens (tertiary/aromatic N) is 2. The van der Waals surface area contributed by atoms with E-state index >= 15 is 0 Å². The zero-order valence-electron chi connectivity index (χ0n) is 22.9. The number of aliphatic hydroxyl groups is 2. The van der Waals surface area contributed by atoms with Crippen LogP contribution >= 0.6 is 0 Å². The summed E-state index contributed by atoms with van der Waals surface area (Å²) in [7, 11) is 1.70. The van der Waals surface area contributed by atoms with Crippen LogP contribution in [0.15, 0.2) is 11.6 Å². The Morgan fingerprint density at radius 3 is 2.23 bits per heavy atom. The lowest BCUT2D eigenvalue weighted by Gasteiger charge is -2.39. The lowest BCUT2D eigenvalue weighted by molar-refractivity contribution is -0.140. The van der Waals surface area contributed by atoms with Crippen LogP contribution < -0.4 is 10.6 Å². The Labute approximate surface area is 211 Å². The Bertz CT molecular complexity index is 737. The highest BCUT2D eigenvalue weighted by Gasteiger charge is 2.36. The van der Waals surface area contributed by atoms with Gasteiger partial charge < -0.3 is 25.7 Å². The van der Waals surface area contributed by atoms with Crippen molar-refractivity contribution in [2.75, 3.05) is 26.7 Å². The number of carbonyl (C=O) groups excluding carboxylic acids is 3. The summed E-state index contributed by atoms with van der Waals surface area (Å²) in [5, 5.41) is 24.0. The number of hydrogen-bond acceptors (Lipinski definition) is 6. The predicted molar refractivity (Wildman–Crippen MR) is 138 cm³/mol. The van der Waals surface area contributed by atoms with E-state index in [1.54, 1.807) is 24.9 Å². The van der Waals surface area contributed by atoms with E-state index < -0.39 is 18.8 Å². The van der Waals surface area contributed by atoms with E-state index in [4.69, 9.17) is 5.11 Å². The summed E-state index contributed by atoms with van der Waals surface area (Å²) in [4.78, 5) is 43.1. The first-order valence-corrected chi connectivity index (χ1v) is 12.9. The van der Waals surface area contributed by atoms with Crippen LogP contribution in [0.1, 0.15) is 67.7 Å². The topological polar surface area (TPSA) is 122 Å². The third-order valence-electron chi connectivity index (χ3n) is 6.71. The van der Waals surface area contributed by atoms with Gasteiger partial charge in [-0.3, -0.25) is 19.3 Å². The number of piperidine rings is 1. The number of hydrogen-bond donors (Lipinski definition) is 4. The van der Waals surface area contributed by atoms with Crippen molar-refractivity contribution in [2.24, 2.45) is 11.8 Å². The highest BCUT2D eigenvalue weighted by Crippen LogP contribution is 2.21. The van der Waals surface area contributed by atoms with Gasteiger partial charge in [-0.1, -0.05) is 40.2 Å². The van der Waals surface area contributed by atoms with Crippen molar-refractivity contribution in [1.29, 1.82) is 0 Å². The van der Waals surface area contributed by atoms with Gasteiger partial charge in [0.15, 0.2) is 0 Å². The average Bonchev–Trinajstić information content (AvgIpc) is 2.82. The third kappa shape index (κ3) is 9.20. The monoisotopic (exact) mass is 496 g/mol. The lowest BCUT2D eigenvalue weighted by Crippen LogP contribution is -2.58. The van der Waals surface area contributed by atoms with E-state index in [2.05, 4.69) is 29.4 Å². The number of amides is 3. The predicted octanol–water partition coefficient (Wildman–Crippen LogP) is 1.29. The average molecular weight is 497 g/mol. The smallest absolute Gasteiger partial charge is 0.246 e. The molecule has 35 heavy (non-hydrogen) atoms. The van der Waals surface area contributed by atoms with Crippen molar-refractivity contribution in [3.63, 3.8) is 0 Å². The molecule has 0 aliphatic carbocycles. The van der Waals surface area contributed by atoms with Crippen LogP contribution in [0.3, 0.4) is 0 Å². The minimum Gasteiger partial charge on any atom is -0.394 e. The molecule has 0 aromatic carbocycles. The number of likely N-dealkylation sites (tertiary alicyclic amines) is 1. The molecule has 0 spiro atoms. The minimum absolute atomic E-state index is 0.0213. The fraction of sp³-hybridized carbons (Fsp3) is 0.808. The molecule has 0 aromatic heterocycles. The van der Waals surface area contributed by atoms with E-state index in [1.165, 1.54) is 0 Å². The van der Waals surface area contributed by atoms with Crippen molar-refractivity contribution in [1.82, 2.24) is 20.4 Å². The Balaban J connectivity index is 3.02. The van der Waals surface area contributed by atoms with Gasteiger partial charge >= 0.3 is 0 Å². The largest absolute Gasteiger partial charge is 0.394 e. The first-order chi connectivity index (χ1) is 16.3. The second-order valence-corrected chi connectivity index (χ2v) is 10.7. The lowest BCUT2D eigenvalue weighted by atomic mass is 9.95. The van der Waals surface area contributed by atoms with Gasteiger partial charge in [-0.15, -0.1) is 0 Å². The van der Waals surface area contributed by atoms with Crippen LogP contribution in [0, 0.1) is 11.8 Å². The van der Waals surface area contributed by atoms with Crippen LogP contribution in [0.5, 0.6) is 0 Å². The fourth-order valence-electron chi connectivity index (χ4n) is 4.48. The zero-order valence-corrected chi connectivity index (χ0v) is 22.9. The summed E-state index contributed by atoms with van der Waals surface area (Å²) in [5.41, 5.74) is 0.411. The Morgan fingerprint density at radius 2 is 1.71 bits per heavy atom. The highest BCUT2D eigenvalue weighted by molar-refractivity contribution is 5.93. The molecule has 0 bridgehead atoms.